The molecule has 0 atom stereocenters. The summed E-state index contributed by atoms with van der Waals surface area (Å²) in [5.74, 6) is 0.255. The Morgan fingerprint density at radius 3 is 2.41 bits per heavy atom. The van der Waals surface area contributed by atoms with Crippen LogP contribution in [0.15, 0.2) is 42.5 Å². The number of benzene rings is 1. The number of hydrogen-bond acceptors (Lipinski definition) is 3. The van der Waals surface area contributed by atoms with Crippen molar-refractivity contribution in [1.29, 1.82) is 0 Å². The first kappa shape index (κ1) is 19.9. The highest BCUT2D eigenvalue weighted by Crippen LogP contribution is 2.28. The molecule has 4 nitrogen and oxygen atoms in total. The molecule has 0 unspecified atom stereocenters. The summed E-state index contributed by atoms with van der Waals surface area (Å²) in [6.45, 7) is 3.31. The average molecular weight is 405 g/mol. The lowest BCUT2D eigenvalue weighted by molar-refractivity contribution is -0.141. The van der Waals surface area contributed by atoms with E-state index in [1.54, 1.807) is 16.2 Å². The summed E-state index contributed by atoms with van der Waals surface area (Å²) >= 11 is 7.44. The second kappa shape index (κ2) is 9.38. The molecule has 2 aromatic rings. The predicted octanol–water partition coefficient (Wildman–Crippen LogP) is 4.21. The van der Waals surface area contributed by atoms with Crippen LogP contribution in [-0.4, -0.2) is 40.1 Å². The largest absolute Gasteiger partial charge is 0.332 e. The summed E-state index contributed by atoms with van der Waals surface area (Å²) < 4.78 is 0. The van der Waals surface area contributed by atoms with E-state index in [2.05, 4.69) is 19.1 Å². The highest BCUT2D eigenvalue weighted by molar-refractivity contribution is 7.11. The van der Waals surface area contributed by atoms with Crippen LogP contribution in [0.4, 0.5) is 0 Å². The third-order valence-electron chi connectivity index (χ3n) is 4.63. The first-order chi connectivity index (χ1) is 13.1. The number of aryl methyl sites for hydroxylation is 1. The van der Waals surface area contributed by atoms with Crippen LogP contribution in [0.2, 0.25) is 0 Å². The Morgan fingerprint density at radius 2 is 1.81 bits per heavy atom. The van der Waals surface area contributed by atoms with Gasteiger partial charge in [0.1, 0.15) is 6.54 Å². The van der Waals surface area contributed by atoms with Gasteiger partial charge in [-0.15, -0.1) is 22.9 Å². The highest BCUT2D eigenvalue weighted by Gasteiger charge is 2.34. The maximum atomic E-state index is 13.1. The molecule has 1 heterocycles. The molecule has 1 aliphatic carbocycles. The number of alkyl halides is 1. The minimum Gasteiger partial charge on any atom is -0.332 e. The zero-order chi connectivity index (χ0) is 19.2. The zero-order valence-corrected chi connectivity index (χ0v) is 17.1. The van der Waals surface area contributed by atoms with Gasteiger partial charge in [-0.05, 0) is 37.5 Å². The number of amides is 2. The van der Waals surface area contributed by atoms with Crippen LogP contribution in [0.5, 0.6) is 0 Å². The van der Waals surface area contributed by atoms with E-state index in [0.717, 1.165) is 23.3 Å². The molecular formula is C21H25ClN2O2S. The van der Waals surface area contributed by atoms with Crippen molar-refractivity contribution in [3.63, 3.8) is 0 Å². The molecule has 1 aromatic carbocycles. The standard InChI is InChI=1S/C21H25ClN2O2S/c1-16-7-10-19(27-16)14-23(13-17-5-3-2-4-6-17)21(26)15-24(18-8-9-18)20(25)11-12-22/h2-7,10,18H,8-9,11-15H2,1H3. The molecule has 0 radical (unpaired) electrons. The van der Waals surface area contributed by atoms with E-state index in [4.69, 9.17) is 11.6 Å². The van der Waals surface area contributed by atoms with Crippen LogP contribution < -0.4 is 0 Å². The number of thiophene rings is 1. The number of carbonyl (C=O) groups is 2. The summed E-state index contributed by atoms with van der Waals surface area (Å²) in [4.78, 5) is 31.5. The smallest absolute Gasteiger partial charge is 0.242 e. The number of rotatable bonds is 9. The molecule has 1 aliphatic rings. The number of carbonyl (C=O) groups excluding carboxylic acids is 2. The lowest BCUT2D eigenvalue weighted by Crippen LogP contribution is -2.43. The highest BCUT2D eigenvalue weighted by atomic mass is 35.5. The van der Waals surface area contributed by atoms with Crippen LogP contribution in [-0.2, 0) is 22.7 Å². The van der Waals surface area contributed by atoms with E-state index in [0.29, 0.717) is 19.0 Å². The number of nitrogens with zero attached hydrogens (tertiary/aromatic N) is 2. The Hall–Kier alpha value is -1.85. The van der Waals surface area contributed by atoms with E-state index in [1.807, 2.05) is 35.2 Å². The van der Waals surface area contributed by atoms with Crippen LogP contribution in [0.25, 0.3) is 0 Å². The Labute approximate surface area is 169 Å². The molecule has 2 amide bonds. The van der Waals surface area contributed by atoms with Crippen molar-refractivity contribution in [3.05, 3.63) is 57.8 Å². The molecule has 0 saturated heterocycles. The molecule has 27 heavy (non-hydrogen) atoms. The first-order valence-corrected chi connectivity index (χ1v) is 10.6. The molecule has 6 heteroatoms. The van der Waals surface area contributed by atoms with Crippen LogP contribution in [0.1, 0.15) is 34.6 Å². The van der Waals surface area contributed by atoms with Gasteiger partial charge < -0.3 is 9.80 Å². The second-order valence-electron chi connectivity index (χ2n) is 6.94. The number of hydrogen-bond donors (Lipinski definition) is 0. The average Bonchev–Trinajstić information content (AvgIpc) is 3.42. The molecule has 0 spiro atoms. The van der Waals surface area contributed by atoms with Crippen molar-refractivity contribution in [2.24, 2.45) is 0 Å². The summed E-state index contributed by atoms with van der Waals surface area (Å²) in [5.41, 5.74) is 1.09. The Balaban J connectivity index is 1.73. The first-order valence-electron chi connectivity index (χ1n) is 9.29. The van der Waals surface area contributed by atoms with Gasteiger partial charge >= 0.3 is 0 Å². The van der Waals surface area contributed by atoms with Gasteiger partial charge in [0, 0.05) is 34.6 Å². The number of halogens is 1. The summed E-state index contributed by atoms with van der Waals surface area (Å²) in [5, 5.41) is 0. The van der Waals surface area contributed by atoms with Crippen molar-refractivity contribution in [3.8, 4) is 0 Å². The third kappa shape index (κ3) is 5.81. The molecule has 1 saturated carbocycles. The van der Waals surface area contributed by atoms with Crippen molar-refractivity contribution in [1.82, 2.24) is 9.80 Å². The quantitative estimate of drug-likeness (QED) is 0.587. The van der Waals surface area contributed by atoms with Gasteiger partial charge in [-0.25, -0.2) is 0 Å². The van der Waals surface area contributed by atoms with Crippen LogP contribution in [0, 0.1) is 6.92 Å². The SMILES string of the molecule is Cc1ccc(CN(Cc2ccccc2)C(=O)CN(C(=O)CCCl)C2CC2)s1. The van der Waals surface area contributed by atoms with Crippen molar-refractivity contribution >= 4 is 34.8 Å². The molecule has 1 fully saturated rings. The summed E-state index contributed by atoms with van der Waals surface area (Å²) in [6.07, 6.45) is 2.24. The van der Waals surface area contributed by atoms with E-state index >= 15 is 0 Å². The van der Waals surface area contributed by atoms with E-state index < -0.39 is 0 Å². The molecular weight excluding hydrogens is 380 g/mol. The van der Waals surface area contributed by atoms with Gasteiger partial charge in [0.2, 0.25) is 11.8 Å². The summed E-state index contributed by atoms with van der Waals surface area (Å²) in [6, 6.07) is 14.3. The van der Waals surface area contributed by atoms with E-state index in [9.17, 15) is 9.59 Å². The van der Waals surface area contributed by atoms with Gasteiger partial charge in [0.15, 0.2) is 0 Å². The fourth-order valence-electron chi connectivity index (χ4n) is 3.07. The maximum absolute atomic E-state index is 13.1. The van der Waals surface area contributed by atoms with Gasteiger partial charge in [0.25, 0.3) is 0 Å². The van der Waals surface area contributed by atoms with E-state index in [1.165, 1.54) is 4.88 Å². The fraction of sp³-hybridized carbons (Fsp3) is 0.429. The van der Waals surface area contributed by atoms with Crippen LogP contribution >= 0.6 is 22.9 Å². The summed E-state index contributed by atoms with van der Waals surface area (Å²) in [7, 11) is 0. The Morgan fingerprint density at radius 1 is 1.07 bits per heavy atom. The van der Waals surface area contributed by atoms with Crippen molar-refractivity contribution < 1.29 is 9.59 Å². The molecule has 144 valence electrons. The Kier molecular flexibility index (Phi) is 6.91. The Bertz CT molecular complexity index is 773. The topological polar surface area (TPSA) is 40.6 Å². The predicted molar refractivity (Wildman–Crippen MR) is 110 cm³/mol. The van der Waals surface area contributed by atoms with Crippen LogP contribution in [0.3, 0.4) is 0 Å². The molecule has 0 aliphatic heterocycles. The molecule has 0 N–H and O–H groups in total. The lowest BCUT2D eigenvalue weighted by atomic mass is 10.2. The molecule has 0 bridgehead atoms. The van der Waals surface area contributed by atoms with E-state index in [-0.39, 0.29) is 30.8 Å². The molecule has 3 rings (SSSR count). The zero-order valence-electron chi connectivity index (χ0n) is 15.6. The van der Waals surface area contributed by atoms with Gasteiger partial charge in [-0.2, -0.15) is 0 Å². The normalized spacial score (nSPS) is 13.4. The fourth-order valence-corrected chi connectivity index (χ4v) is 4.14. The minimum atomic E-state index is -0.0209. The van der Waals surface area contributed by atoms with Gasteiger partial charge in [-0.1, -0.05) is 30.3 Å². The van der Waals surface area contributed by atoms with Crippen molar-refractivity contribution in [2.75, 3.05) is 12.4 Å². The second-order valence-corrected chi connectivity index (χ2v) is 8.69. The maximum Gasteiger partial charge on any atom is 0.242 e. The third-order valence-corrected chi connectivity index (χ3v) is 5.81. The lowest BCUT2D eigenvalue weighted by Gasteiger charge is -2.27. The minimum absolute atomic E-state index is 0.0141. The van der Waals surface area contributed by atoms with Gasteiger partial charge in [-0.3, -0.25) is 9.59 Å². The molecule has 1 aromatic heterocycles. The monoisotopic (exact) mass is 404 g/mol. The van der Waals surface area contributed by atoms with Crippen molar-refractivity contribution in [2.45, 2.75) is 45.3 Å². The van der Waals surface area contributed by atoms with Gasteiger partial charge in [0.05, 0.1) is 6.54 Å².